The van der Waals surface area contributed by atoms with E-state index in [1.165, 1.54) is 33.2 Å². The van der Waals surface area contributed by atoms with Crippen molar-refractivity contribution in [3.8, 4) is 0 Å². The molecule has 1 heterocycles. The average molecular weight is 666 g/mol. The van der Waals surface area contributed by atoms with E-state index in [0.717, 1.165) is 0 Å². The molecule has 4 amide bonds. The number of fused-ring (bicyclic) bond motifs is 1. The number of hydrogen-bond donors (Lipinski definition) is 3. The van der Waals surface area contributed by atoms with Gasteiger partial charge in [-0.25, -0.2) is 11.1 Å². The number of nitrogens with zero attached hydrogens (tertiary/aromatic N) is 2. The maximum absolute atomic E-state index is 12.3. The first kappa shape index (κ1) is 46.1. The van der Waals surface area contributed by atoms with Gasteiger partial charge >= 0.3 is 35.7 Å². The summed E-state index contributed by atoms with van der Waals surface area (Å²) in [5, 5.41) is 5.07. The van der Waals surface area contributed by atoms with Crippen LogP contribution in [0.25, 0.3) is 10.8 Å². The normalized spacial score (nSPS) is 15.9. The molecule has 3 unspecified atom stereocenters. The molecule has 47 heavy (non-hydrogen) atoms. The summed E-state index contributed by atoms with van der Waals surface area (Å²) in [5.41, 5.74) is 11.5. The van der Waals surface area contributed by atoms with Crippen molar-refractivity contribution in [2.75, 3.05) is 20.1 Å². The van der Waals surface area contributed by atoms with Crippen LogP contribution in [0, 0.1) is 12.3 Å². The van der Waals surface area contributed by atoms with Gasteiger partial charge in [-0.15, -0.1) is 0 Å². The third-order valence-corrected chi connectivity index (χ3v) is 6.41. The fourth-order valence-electron chi connectivity index (χ4n) is 4.12. The molecule has 1 fully saturated rings. The minimum Gasteiger partial charge on any atom is -0.540 e. The van der Waals surface area contributed by atoms with Crippen molar-refractivity contribution < 1.29 is 58.3 Å². The monoisotopic (exact) mass is 665 g/mol. The fraction of sp³-hybridized carbons (Fsp3) is 0.571. The molecule has 0 aromatic heterocycles. The van der Waals surface area contributed by atoms with E-state index >= 15 is 0 Å². The minimum absolute atomic E-state index is 0. The zero-order valence-corrected chi connectivity index (χ0v) is 32.6. The molecule has 12 heteroatoms. The third-order valence-electron chi connectivity index (χ3n) is 6.41. The van der Waals surface area contributed by atoms with Crippen LogP contribution in [-0.2, 0) is 23.9 Å². The minimum atomic E-state index is -0.617. The van der Waals surface area contributed by atoms with E-state index in [1.54, 1.807) is 34.0 Å². The van der Waals surface area contributed by atoms with Crippen LogP contribution >= 0.6 is 0 Å². The molecular weight excluding hydrogens is 609 g/mol. The van der Waals surface area contributed by atoms with Gasteiger partial charge in [0.1, 0.15) is 11.6 Å². The summed E-state index contributed by atoms with van der Waals surface area (Å²) in [4.78, 5) is 59.2. The number of nitrogens with one attached hydrogen (secondary N) is 1. The number of aryl methyl sites for hydroxylation is 1. The molecule has 0 saturated carbocycles. The Morgan fingerprint density at radius 1 is 1.04 bits per heavy atom. The molecule has 3 atom stereocenters. The zero-order chi connectivity index (χ0) is 35.8. The van der Waals surface area contributed by atoms with Gasteiger partial charge in [-0.1, -0.05) is 95.6 Å². The number of carbonyl (C=O) groups excluding carboxylic acids is 5. The quantitative estimate of drug-likeness (QED) is 0.311. The van der Waals surface area contributed by atoms with Gasteiger partial charge in [0.25, 0.3) is 0 Å². The summed E-state index contributed by atoms with van der Waals surface area (Å²) in [7, 11) is 1.50. The molecule has 11 nitrogen and oxygen atoms in total. The van der Waals surface area contributed by atoms with Crippen LogP contribution in [0.3, 0.4) is 0 Å². The van der Waals surface area contributed by atoms with Gasteiger partial charge in [0.2, 0.25) is 17.7 Å². The Balaban J connectivity index is 0. The molecule has 0 bridgehead atoms. The van der Waals surface area contributed by atoms with E-state index < -0.39 is 29.7 Å². The molecule has 258 valence electrons. The van der Waals surface area contributed by atoms with Crippen LogP contribution in [0.1, 0.15) is 80.7 Å². The molecule has 0 aliphatic carbocycles. The molecule has 1 aliphatic heterocycles. The van der Waals surface area contributed by atoms with Crippen LogP contribution in [-0.4, -0.2) is 83.8 Å². The molecular formula is C35H56N5NaO6. The zero-order valence-electron chi connectivity index (χ0n) is 30.6. The summed E-state index contributed by atoms with van der Waals surface area (Å²) in [6.45, 7) is 19.0. The second-order valence-corrected chi connectivity index (χ2v) is 13.2. The number of amides is 4. The molecule has 0 spiro atoms. The number of nitrogens with two attached hydrogens (primary N) is 2. The number of hydrogen-bond acceptors (Lipinski definition) is 7. The summed E-state index contributed by atoms with van der Waals surface area (Å²) in [6, 6.07) is 13.5. The number of carbonyl (C=O) groups is 4. The fourth-order valence-corrected chi connectivity index (χ4v) is 4.12. The van der Waals surface area contributed by atoms with Crippen LogP contribution in [0.4, 0.5) is 4.79 Å². The number of benzene rings is 2. The maximum Gasteiger partial charge on any atom is 1.00 e. The molecule has 2 aromatic rings. The smallest absolute Gasteiger partial charge is 0.540 e. The maximum atomic E-state index is 12.3. The number of likely N-dealkylation sites (tertiary alicyclic amines) is 1. The second kappa shape index (κ2) is 21.8. The number of rotatable bonds is 6. The van der Waals surface area contributed by atoms with E-state index in [0.29, 0.717) is 19.4 Å². The number of likely N-dealkylation sites (N-methyl/N-ethyl adjacent to an activating group) is 1. The average Bonchev–Trinajstić information content (AvgIpc) is 3.37. The predicted octanol–water partition coefficient (Wildman–Crippen LogP) is 1.48. The Labute approximate surface area is 303 Å². The van der Waals surface area contributed by atoms with Crippen molar-refractivity contribution in [3.63, 3.8) is 0 Å². The Kier molecular flexibility index (Phi) is 21.4. The van der Waals surface area contributed by atoms with E-state index in [4.69, 9.17) is 16.2 Å². The van der Waals surface area contributed by atoms with Gasteiger partial charge in [0.15, 0.2) is 0 Å². The largest absolute Gasteiger partial charge is 1.00 e. The first-order valence-electron chi connectivity index (χ1n) is 15.6. The summed E-state index contributed by atoms with van der Waals surface area (Å²) in [5.74, 6) is -1.09. The predicted molar refractivity (Wildman–Crippen MR) is 184 cm³/mol. The summed E-state index contributed by atoms with van der Waals surface area (Å²) < 4.78 is 5.03. The Morgan fingerprint density at radius 3 is 2.09 bits per heavy atom. The standard InChI is InChI=1S/C13H24N4O3.C11H10.C9H16NO3.C2H6.Na/c1-13(2,3)5-11(19)17-7-8(14)4-9(17)12(20)16-6-10(15)18;1-9-6-7-10-4-2-3-5-11(10)8-9;1-7(6-11)10(5)8(12)13-9(2,3)4;1-2;/h8-9H,4-7,14H2,1-3H3,(H2,15,18)(H,16,20);2-8H,1H3;7H,1-5H3;1-2H3;/q;;-1;;+1. The number of ether oxygens (including phenoxy) is 1. The van der Waals surface area contributed by atoms with Crippen molar-refractivity contribution >= 4 is 40.9 Å². The van der Waals surface area contributed by atoms with Crippen LogP contribution in [0.2, 0.25) is 0 Å². The van der Waals surface area contributed by atoms with E-state index in [-0.39, 0.29) is 59.4 Å². The van der Waals surface area contributed by atoms with Gasteiger partial charge in [-0.2, -0.15) is 0 Å². The first-order chi connectivity index (χ1) is 21.2. The molecule has 0 radical (unpaired) electrons. The SMILES string of the molecule is CC.CC(C)(C)CC(=O)N1CC(N)CC1C(=O)NCC(N)=O.CC([C-]=O)N(C)C(=O)OC(C)(C)C.Cc1ccc2ccccc2c1.[Na+]. The molecule has 1 aliphatic rings. The van der Waals surface area contributed by atoms with Crippen LogP contribution in [0.15, 0.2) is 42.5 Å². The Hall–Kier alpha value is -2.99. The van der Waals surface area contributed by atoms with Crippen LogP contribution in [0.5, 0.6) is 0 Å². The van der Waals surface area contributed by atoms with Crippen molar-refractivity contribution in [3.05, 3.63) is 48.0 Å². The molecule has 3 rings (SSSR count). The first-order valence-corrected chi connectivity index (χ1v) is 15.6. The number of primary amides is 1. The Morgan fingerprint density at radius 2 is 1.60 bits per heavy atom. The van der Waals surface area contributed by atoms with Gasteiger partial charge in [0, 0.05) is 26.1 Å². The van der Waals surface area contributed by atoms with Gasteiger partial charge in [0.05, 0.1) is 6.54 Å². The molecule has 1 saturated heterocycles. The van der Waals surface area contributed by atoms with E-state index in [2.05, 4.69) is 54.7 Å². The van der Waals surface area contributed by atoms with Gasteiger partial charge < -0.3 is 36.1 Å². The van der Waals surface area contributed by atoms with Crippen LogP contribution < -0.4 is 46.3 Å². The van der Waals surface area contributed by atoms with E-state index in [1.807, 2.05) is 34.6 Å². The Bertz CT molecular complexity index is 1290. The topological polar surface area (TPSA) is 165 Å². The summed E-state index contributed by atoms with van der Waals surface area (Å²) >= 11 is 0. The van der Waals surface area contributed by atoms with Crippen molar-refractivity contribution in [2.45, 2.75) is 106 Å². The second-order valence-electron chi connectivity index (χ2n) is 13.2. The molecule has 2 aromatic carbocycles. The third kappa shape index (κ3) is 18.8. The van der Waals surface area contributed by atoms with Gasteiger partial charge in [-0.3, -0.25) is 14.4 Å². The van der Waals surface area contributed by atoms with Crippen molar-refractivity contribution in [1.82, 2.24) is 15.1 Å². The molecule has 5 N–H and O–H groups in total. The van der Waals surface area contributed by atoms with Crippen molar-refractivity contribution in [2.24, 2.45) is 16.9 Å². The van der Waals surface area contributed by atoms with Crippen molar-refractivity contribution in [1.29, 1.82) is 0 Å². The van der Waals surface area contributed by atoms with Gasteiger partial charge in [-0.05, 0) is 50.3 Å². The summed E-state index contributed by atoms with van der Waals surface area (Å²) in [6.07, 6.45) is 1.95. The van der Waals surface area contributed by atoms with E-state index in [9.17, 15) is 24.0 Å².